The second kappa shape index (κ2) is 6.04. The van der Waals surface area contributed by atoms with E-state index in [2.05, 4.69) is 15.4 Å². The summed E-state index contributed by atoms with van der Waals surface area (Å²) in [6.45, 7) is 1.78. The van der Waals surface area contributed by atoms with E-state index in [1.165, 1.54) is 6.20 Å². The van der Waals surface area contributed by atoms with E-state index in [9.17, 15) is 9.18 Å². The summed E-state index contributed by atoms with van der Waals surface area (Å²) in [5, 5.41) is 7.07. The lowest BCUT2D eigenvalue weighted by Gasteiger charge is -2.12. The summed E-state index contributed by atoms with van der Waals surface area (Å²) in [7, 11) is 0. The Morgan fingerprint density at radius 3 is 2.78 bits per heavy atom. The minimum absolute atomic E-state index is 0.432. The average Bonchev–Trinajstić information content (AvgIpc) is 2.85. The van der Waals surface area contributed by atoms with Gasteiger partial charge in [0.2, 0.25) is 0 Å². The van der Waals surface area contributed by atoms with E-state index in [-0.39, 0.29) is 0 Å². The molecule has 3 rings (SSSR count). The number of urea groups is 1. The van der Waals surface area contributed by atoms with Crippen molar-refractivity contribution in [1.82, 2.24) is 9.78 Å². The zero-order chi connectivity index (χ0) is 16.4. The van der Waals surface area contributed by atoms with Crippen molar-refractivity contribution in [3.63, 3.8) is 0 Å². The summed E-state index contributed by atoms with van der Waals surface area (Å²) in [6, 6.07) is 8.56. The van der Waals surface area contributed by atoms with Gasteiger partial charge in [0.05, 0.1) is 17.3 Å². The van der Waals surface area contributed by atoms with Crippen LogP contribution >= 0.6 is 0 Å². The summed E-state index contributed by atoms with van der Waals surface area (Å²) in [4.78, 5) is 15.0. The Kier molecular flexibility index (Phi) is 3.92. The fourth-order valence-electron chi connectivity index (χ4n) is 2.60. The molecular formula is C16H16FN5O. The number of anilines is 1. The third-order valence-corrected chi connectivity index (χ3v) is 3.69. The average molecular weight is 313 g/mol. The Labute approximate surface area is 132 Å². The molecule has 0 saturated carbocycles. The largest absolute Gasteiger partial charge is 0.351 e. The SMILES string of the molecule is Cc1c(C2CC=CN=C2F)nn(-c2ccccc2)c1NC(N)=O. The molecule has 6 nitrogen and oxygen atoms in total. The van der Waals surface area contributed by atoms with Crippen LogP contribution in [-0.2, 0) is 0 Å². The number of halogens is 1. The van der Waals surface area contributed by atoms with Crippen molar-refractivity contribution in [3.8, 4) is 5.69 Å². The van der Waals surface area contributed by atoms with Crippen LogP contribution < -0.4 is 11.1 Å². The Morgan fingerprint density at radius 1 is 1.39 bits per heavy atom. The lowest BCUT2D eigenvalue weighted by molar-refractivity contribution is 0.259. The van der Waals surface area contributed by atoms with Crippen LogP contribution in [0, 0.1) is 6.92 Å². The van der Waals surface area contributed by atoms with E-state index < -0.39 is 17.9 Å². The zero-order valence-corrected chi connectivity index (χ0v) is 12.5. The van der Waals surface area contributed by atoms with E-state index in [1.807, 2.05) is 30.3 Å². The lowest BCUT2D eigenvalue weighted by Crippen LogP contribution is -2.21. The van der Waals surface area contributed by atoms with E-state index >= 15 is 0 Å². The maximum absolute atomic E-state index is 14.1. The second-order valence-electron chi connectivity index (χ2n) is 5.22. The van der Waals surface area contributed by atoms with Gasteiger partial charge in [-0.3, -0.25) is 5.32 Å². The minimum Gasteiger partial charge on any atom is -0.351 e. The highest BCUT2D eigenvalue weighted by molar-refractivity contribution is 5.89. The molecule has 1 atom stereocenters. The number of hydrogen-bond acceptors (Lipinski definition) is 3. The molecule has 2 amide bonds. The highest BCUT2D eigenvalue weighted by Crippen LogP contribution is 2.32. The summed E-state index contributed by atoms with van der Waals surface area (Å²) in [6.07, 6.45) is 3.70. The number of allylic oxidation sites excluding steroid dienone is 1. The van der Waals surface area contributed by atoms with Crippen LogP contribution in [0.1, 0.15) is 23.6 Å². The van der Waals surface area contributed by atoms with Crippen molar-refractivity contribution in [2.45, 2.75) is 19.3 Å². The van der Waals surface area contributed by atoms with Crippen LogP contribution in [0.5, 0.6) is 0 Å². The van der Waals surface area contributed by atoms with Gasteiger partial charge < -0.3 is 5.73 Å². The third kappa shape index (κ3) is 2.85. The molecule has 0 fully saturated rings. The number of aliphatic imine (C=N–C) groups is 1. The summed E-state index contributed by atoms with van der Waals surface area (Å²) < 4.78 is 15.6. The Bertz CT molecular complexity index is 794. The molecule has 118 valence electrons. The first-order chi connectivity index (χ1) is 11.1. The molecule has 1 aromatic heterocycles. The molecule has 2 aromatic rings. The molecule has 1 unspecified atom stereocenters. The molecule has 1 aliphatic rings. The number of benzene rings is 1. The number of aromatic nitrogens is 2. The standard InChI is InChI=1S/C16H16FN5O/c1-10-13(12-8-5-9-19-14(12)17)21-22(15(10)20-16(18)23)11-6-3-2-4-7-11/h2-7,9,12H,8H2,1H3,(H3,18,20,23). The smallest absolute Gasteiger partial charge is 0.317 e. The summed E-state index contributed by atoms with van der Waals surface area (Å²) in [5.41, 5.74) is 7.20. The molecule has 2 heterocycles. The number of hydrogen-bond donors (Lipinski definition) is 2. The van der Waals surface area contributed by atoms with Crippen molar-refractivity contribution in [3.05, 3.63) is 53.9 Å². The van der Waals surface area contributed by atoms with Gasteiger partial charge in [0.1, 0.15) is 5.82 Å². The predicted molar refractivity (Wildman–Crippen MR) is 86.5 cm³/mol. The monoisotopic (exact) mass is 313 g/mol. The Morgan fingerprint density at radius 2 is 2.13 bits per heavy atom. The normalized spacial score (nSPS) is 17.0. The quantitative estimate of drug-likeness (QED) is 0.912. The van der Waals surface area contributed by atoms with Crippen LogP contribution in [-0.4, -0.2) is 21.8 Å². The van der Waals surface area contributed by atoms with Gasteiger partial charge in [0.15, 0.2) is 5.97 Å². The van der Waals surface area contributed by atoms with Gasteiger partial charge in [-0.1, -0.05) is 24.3 Å². The number of primary amides is 1. The van der Waals surface area contributed by atoms with Crippen LogP contribution in [0.2, 0.25) is 0 Å². The number of nitrogens with zero attached hydrogens (tertiary/aromatic N) is 3. The van der Waals surface area contributed by atoms with E-state index in [1.54, 1.807) is 17.7 Å². The molecule has 0 radical (unpaired) electrons. The molecule has 7 heteroatoms. The van der Waals surface area contributed by atoms with E-state index in [4.69, 9.17) is 5.73 Å². The molecule has 1 aromatic carbocycles. The van der Waals surface area contributed by atoms with Gasteiger partial charge >= 0.3 is 6.03 Å². The van der Waals surface area contributed by atoms with Crippen LogP contribution in [0.25, 0.3) is 5.69 Å². The molecule has 0 aliphatic carbocycles. The predicted octanol–water partition coefficient (Wildman–Crippen LogP) is 3.04. The fourth-order valence-corrected chi connectivity index (χ4v) is 2.60. The highest BCUT2D eigenvalue weighted by Gasteiger charge is 2.27. The topological polar surface area (TPSA) is 85.3 Å². The number of carbonyl (C=O) groups excluding carboxylic acids is 1. The summed E-state index contributed by atoms with van der Waals surface area (Å²) in [5.74, 6) is -0.613. The van der Waals surface area contributed by atoms with Crippen LogP contribution in [0.15, 0.2) is 47.6 Å². The van der Waals surface area contributed by atoms with Crippen molar-refractivity contribution in [2.75, 3.05) is 5.32 Å². The first-order valence-corrected chi connectivity index (χ1v) is 7.17. The van der Waals surface area contributed by atoms with Gasteiger partial charge in [-0.2, -0.15) is 9.49 Å². The number of carbonyl (C=O) groups is 1. The van der Waals surface area contributed by atoms with Crippen molar-refractivity contribution in [2.24, 2.45) is 10.7 Å². The minimum atomic E-state index is -0.700. The molecule has 1 aliphatic heterocycles. The van der Waals surface area contributed by atoms with Gasteiger partial charge in [0, 0.05) is 11.8 Å². The molecule has 23 heavy (non-hydrogen) atoms. The van der Waals surface area contributed by atoms with Crippen molar-refractivity contribution >= 4 is 17.8 Å². The van der Waals surface area contributed by atoms with Gasteiger partial charge in [0.25, 0.3) is 0 Å². The van der Waals surface area contributed by atoms with E-state index in [0.29, 0.717) is 23.5 Å². The molecule has 0 bridgehead atoms. The number of nitrogens with two attached hydrogens (primary N) is 1. The van der Waals surface area contributed by atoms with Crippen LogP contribution in [0.4, 0.5) is 15.0 Å². The van der Waals surface area contributed by atoms with Gasteiger partial charge in [-0.05, 0) is 25.5 Å². The van der Waals surface area contributed by atoms with Crippen molar-refractivity contribution < 1.29 is 9.18 Å². The third-order valence-electron chi connectivity index (χ3n) is 3.69. The van der Waals surface area contributed by atoms with E-state index in [0.717, 1.165) is 5.69 Å². The van der Waals surface area contributed by atoms with Crippen molar-refractivity contribution in [1.29, 1.82) is 0 Å². The number of nitrogens with one attached hydrogen (secondary N) is 1. The Balaban J connectivity index is 2.12. The number of para-hydroxylation sites is 1. The zero-order valence-electron chi connectivity index (χ0n) is 12.5. The number of rotatable bonds is 3. The number of amides is 2. The molecule has 3 N–H and O–H groups in total. The molecule has 0 saturated heterocycles. The molecule has 0 spiro atoms. The maximum atomic E-state index is 14.1. The first-order valence-electron chi connectivity index (χ1n) is 7.17. The first kappa shape index (κ1) is 15.0. The van der Waals surface area contributed by atoms with Crippen LogP contribution in [0.3, 0.4) is 0 Å². The maximum Gasteiger partial charge on any atom is 0.317 e. The Hall–Kier alpha value is -2.96. The fraction of sp³-hybridized carbons (Fsp3) is 0.188. The lowest BCUT2D eigenvalue weighted by atomic mass is 9.97. The molecular weight excluding hydrogens is 297 g/mol. The second-order valence-corrected chi connectivity index (χ2v) is 5.22. The van der Waals surface area contributed by atoms with Gasteiger partial charge in [-0.15, -0.1) is 0 Å². The highest BCUT2D eigenvalue weighted by atomic mass is 19.1. The summed E-state index contributed by atoms with van der Waals surface area (Å²) >= 11 is 0. The van der Waals surface area contributed by atoms with Gasteiger partial charge in [-0.25, -0.2) is 14.5 Å².